The molecule has 0 bridgehead atoms. The lowest BCUT2D eigenvalue weighted by molar-refractivity contribution is -0.143. The molecular formula is C15H19BrN2O3. The minimum absolute atomic E-state index is 0.337. The number of carbonyl (C=O) groups is 2. The molecule has 21 heavy (non-hydrogen) atoms. The molecule has 1 aliphatic heterocycles. The summed E-state index contributed by atoms with van der Waals surface area (Å²) in [6.07, 6.45) is 2.20. The van der Waals surface area contributed by atoms with Crippen LogP contribution >= 0.6 is 15.9 Å². The van der Waals surface area contributed by atoms with Crippen molar-refractivity contribution in [2.24, 2.45) is 0 Å². The van der Waals surface area contributed by atoms with Crippen molar-refractivity contribution in [3.63, 3.8) is 0 Å². The quantitative estimate of drug-likeness (QED) is 0.853. The number of carbonyl (C=O) groups excluding carboxylic acids is 1. The molecule has 0 aliphatic carbocycles. The molecule has 1 atom stereocenters. The van der Waals surface area contributed by atoms with Crippen molar-refractivity contribution >= 4 is 33.6 Å². The third-order valence-electron chi connectivity index (χ3n) is 3.78. The van der Waals surface area contributed by atoms with Crippen LogP contribution in [0.15, 0.2) is 16.6 Å². The normalized spacial score (nSPS) is 18.4. The molecule has 1 saturated heterocycles. The number of rotatable bonds is 2. The van der Waals surface area contributed by atoms with Crippen molar-refractivity contribution in [3.8, 4) is 0 Å². The topological polar surface area (TPSA) is 69.6 Å². The fourth-order valence-electron chi connectivity index (χ4n) is 2.72. The zero-order valence-electron chi connectivity index (χ0n) is 12.1. The maximum absolute atomic E-state index is 12.4. The summed E-state index contributed by atoms with van der Waals surface area (Å²) in [7, 11) is 0. The summed E-state index contributed by atoms with van der Waals surface area (Å²) in [5.74, 6) is -0.936. The SMILES string of the molecule is Cc1cc(Br)cc(C)c1NC(=O)N1CCCCC1C(=O)O. The van der Waals surface area contributed by atoms with Gasteiger partial charge in [-0.3, -0.25) is 0 Å². The highest BCUT2D eigenvalue weighted by Crippen LogP contribution is 2.26. The van der Waals surface area contributed by atoms with E-state index in [-0.39, 0.29) is 6.03 Å². The minimum Gasteiger partial charge on any atom is -0.480 e. The van der Waals surface area contributed by atoms with Gasteiger partial charge in [0.25, 0.3) is 0 Å². The van der Waals surface area contributed by atoms with Crippen molar-refractivity contribution in [2.45, 2.75) is 39.2 Å². The lowest BCUT2D eigenvalue weighted by Gasteiger charge is -2.33. The Morgan fingerprint density at radius 3 is 2.48 bits per heavy atom. The number of aliphatic carboxylic acids is 1. The number of hydrogen-bond donors (Lipinski definition) is 2. The zero-order valence-corrected chi connectivity index (χ0v) is 13.7. The molecule has 0 aromatic heterocycles. The molecule has 2 rings (SSSR count). The predicted molar refractivity (Wildman–Crippen MR) is 84.6 cm³/mol. The highest BCUT2D eigenvalue weighted by Gasteiger charge is 2.32. The number of aryl methyl sites for hydroxylation is 2. The van der Waals surface area contributed by atoms with Crippen molar-refractivity contribution < 1.29 is 14.7 Å². The highest BCUT2D eigenvalue weighted by atomic mass is 79.9. The van der Waals surface area contributed by atoms with Crippen molar-refractivity contribution in [1.82, 2.24) is 4.90 Å². The largest absolute Gasteiger partial charge is 0.480 e. The van der Waals surface area contributed by atoms with E-state index in [1.54, 1.807) is 0 Å². The Hall–Kier alpha value is -1.56. The molecule has 1 unspecified atom stereocenters. The number of nitrogens with one attached hydrogen (secondary N) is 1. The first kappa shape index (κ1) is 15.8. The second-order valence-electron chi connectivity index (χ2n) is 5.39. The van der Waals surface area contributed by atoms with Crippen LogP contribution in [0.25, 0.3) is 0 Å². The molecule has 0 spiro atoms. The van der Waals surface area contributed by atoms with E-state index in [4.69, 9.17) is 0 Å². The molecule has 2 N–H and O–H groups in total. The molecular weight excluding hydrogens is 336 g/mol. The molecule has 2 amide bonds. The summed E-state index contributed by atoms with van der Waals surface area (Å²) in [4.78, 5) is 25.1. The van der Waals surface area contributed by atoms with Crippen LogP contribution < -0.4 is 5.32 Å². The number of nitrogens with zero attached hydrogens (tertiary/aromatic N) is 1. The predicted octanol–water partition coefficient (Wildman–Crippen LogP) is 3.54. The highest BCUT2D eigenvalue weighted by molar-refractivity contribution is 9.10. The second-order valence-corrected chi connectivity index (χ2v) is 6.30. The molecule has 1 aliphatic rings. The van der Waals surface area contributed by atoms with Crippen LogP contribution in [0.5, 0.6) is 0 Å². The number of carboxylic acid groups (broad SMARTS) is 1. The van der Waals surface area contributed by atoms with Crippen LogP contribution in [-0.2, 0) is 4.79 Å². The molecule has 0 radical (unpaired) electrons. The molecule has 1 fully saturated rings. The van der Waals surface area contributed by atoms with E-state index >= 15 is 0 Å². The second kappa shape index (κ2) is 6.47. The first-order valence-electron chi connectivity index (χ1n) is 6.97. The number of halogens is 1. The van der Waals surface area contributed by atoms with E-state index in [1.807, 2.05) is 26.0 Å². The van der Waals surface area contributed by atoms with Crippen molar-refractivity contribution in [3.05, 3.63) is 27.7 Å². The standard InChI is InChI=1S/C15H19BrN2O3/c1-9-7-11(16)8-10(2)13(9)17-15(21)18-6-4-3-5-12(18)14(19)20/h7-8,12H,3-6H2,1-2H3,(H,17,21)(H,19,20). The fourth-order valence-corrected chi connectivity index (χ4v) is 3.40. The summed E-state index contributed by atoms with van der Waals surface area (Å²) in [6, 6.07) is 2.78. The maximum Gasteiger partial charge on any atom is 0.326 e. The third kappa shape index (κ3) is 3.56. The van der Waals surface area contributed by atoms with Crippen LogP contribution in [0.4, 0.5) is 10.5 Å². The number of piperidine rings is 1. The van der Waals surface area contributed by atoms with Gasteiger partial charge in [-0.1, -0.05) is 15.9 Å². The van der Waals surface area contributed by atoms with Gasteiger partial charge in [0.2, 0.25) is 0 Å². The number of anilines is 1. The molecule has 114 valence electrons. The van der Waals surface area contributed by atoms with Gasteiger partial charge in [0.15, 0.2) is 0 Å². The number of benzene rings is 1. The van der Waals surface area contributed by atoms with Crippen LogP contribution in [0, 0.1) is 13.8 Å². The van der Waals surface area contributed by atoms with Gasteiger partial charge in [0.05, 0.1) is 0 Å². The maximum atomic E-state index is 12.4. The Balaban J connectivity index is 2.19. The number of hydrogen-bond acceptors (Lipinski definition) is 2. The molecule has 5 nitrogen and oxygen atoms in total. The van der Waals surface area contributed by atoms with Gasteiger partial charge in [-0.15, -0.1) is 0 Å². The Morgan fingerprint density at radius 1 is 1.29 bits per heavy atom. The minimum atomic E-state index is -0.936. The number of urea groups is 1. The summed E-state index contributed by atoms with van der Waals surface area (Å²) in [5.41, 5.74) is 2.64. The van der Waals surface area contributed by atoms with E-state index in [1.165, 1.54) is 4.90 Å². The van der Waals surface area contributed by atoms with E-state index in [9.17, 15) is 14.7 Å². The zero-order chi connectivity index (χ0) is 15.6. The van der Waals surface area contributed by atoms with E-state index < -0.39 is 12.0 Å². The molecule has 1 aromatic carbocycles. The molecule has 1 aromatic rings. The monoisotopic (exact) mass is 354 g/mol. The van der Waals surface area contributed by atoms with Crippen LogP contribution in [0.3, 0.4) is 0 Å². The summed E-state index contributed by atoms with van der Waals surface area (Å²) >= 11 is 3.42. The summed E-state index contributed by atoms with van der Waals surface area (Å²) in [5, 5.41) is 12.1. The van der Waals surface area contributed by atoms with Gasteiger partial charge >= 0.3 is 12.0 Å². The van der Waals surface area contributed by atoms with Crippen LogP contribution in [-0.4, -0.2) is 34.6 Å². The van der Waals surface area contributed by atoms with Gasteiger partial charge in [0, 0.05) is 16.7 Å². The average molecular weight is 355 g/mol. The first-order chi connectivity index (χ1) is 9.90. The number of amides is 2. The summed E-state index contributed by atoms with van der Waals surface area (Å²) < 4.78 is 0.955. The lowest BCUT2D eigenvalue weighted by Crippen LogP contribution is -2.49. The Bertz CT molecular complexity index is 551. The van der Waals surface area contributed by atoms with Gasteiger partial charge in [-0.2, -0.15) is 0 Å². The van der Waals surface area contributed by atoms with Gasteiger partial charge in [0.1, 0.15) is 6.04 Å². The Labute approximate surface area is 132 Å². The smallest absolute Gasteiger partial charge is 0.326 e. The van der Waals surface area contributed by atoms with E-state index in [0.717, 1.165) is 34.1 Å². The van der Waals surface area contributed by atoms with Crippen molar-refractivity contribution in [2.75, 3.05) is 11.9 Å². The van der Waals surface area contributed by atoms with Crippen molar-refractivity contribution in [1.29, 1.82) is 0 Å². The Morgan fingerprint density at radius 2 is 1.90 bits per heavy atom. The van der Waals surface area contributed by atoms with Gasteiger partial charge in [-0.05, 0) is 56.4 Å². The lowest BCUT2D eigenvalue weighted by atomic mass is 10.0. The van der Waals surface area contributed by atoms with Crippen LogP contribution in [0.1, 0.15) is 30.4 Å². The van der Waals surface area contributed by atoms with E-state index in [2.05, 4.69) is 21.2 Å². The fraction of sp³-hybridized carbons (Fsp3) is 0.467. The Kier molecular flexibility index (Phi) is 4.88. The molecule has 0 saturated carbocycles. The number of carboxylic acids is 1. The number of likely N-dealkylation sites (tertiary alicyclic amines) is 1. The van der Waals surface area contributed by atoms with Gasteiger partial charge in [-0.25, -0.2) is 9.59 Å². The van der Waals surface area contributed by atoms with Gasteiger partial charge < -0.3 is 15.3 Å². The molecule has 1 heterocycles. The average Bonchev–Trinajstić information content (AvgIpc) is 2.42. The first-order valence-corrected chi connectivity index (χ1v) is 7.76. The third-order valence-corrected chi connectivity index (χ3v) is 4.24. The molecule has 6 heteroatoms. The van der Waals surface area contributed by atoms with Crippen LogP contribution in [0.2, 0.25) is 0 Å². The van der Waals surface area contributed by atoms with E-state index in [0.29, 0.717) is 13.0 Å². The summed E-state index contributed by atoms with van der Waals surface area (Å²) in [6.45, 7) is 4.31.